The number of aromatic nitrogens is 2. The Morgan fingerprint density at radius 2 is 2.17 bits per heavy atom. The molecule has 92 valence electrons. The number of methoxy groups -OCH3 is 1. The molecule has 0 saturated carbocycles. The van der Waals surface area contributed by atoms with E-state index in [4.69, 9.17) is 16.3 Å². The van der Waals surface area contributed by atoms with E-state index in [0.29, 0.717) is 22.2 Å². The highest BCUT2D eigenvalue weighted by molar-refractivity contribution is 6.34. The first-order chi connectivity index (χ1) is 8.70. The van der Waals surface area contributed by atoms with Crippen molar-refractivity contribution in [3.63, 3.8) is 0 Å². The van der Waals surface area contributed by atoms with Gasteiger partial charge in [0.2, 0.25) is 5.88 Å². The van der Waals surface area contributed by atoms with Crippen LogP contribution in [0.25, 0.3) is 0 Å². The predicted octanol–water partition coefficient (Wildman–Crippen LogP) is 2.39. The van der Waals surface area contributed by atoms with Gasteiger partial charge in [-0.1, -0.05) is 11.6 Å². The molecule has 0 atom stereocenters. The molecule has 0 aromatic carbocycles. The van der Waals surface area contributed by atoms with Gasteiger partial charge in [0.25, 0.3) is 5.91 Å². The molecule has 2 heterocycles. The molecule has 5 nitrogen and oxygen atoms in total. The van der Waals surface area contributed by atoms with E-state index in [2.05, 4.69) is 15.3 Å². The maximum atomic E-state index is 11.9. The topological polar surface area (TPSA) is 64.1 Å². The molecule has 2 aromatic rings. The van der Waals surface area contributed by atoms with E-state index in [1.807, 2.05) is 0 Å². The average molecular weight is 264 g/mol. The van der Waals surface area contributed by atoms with Crippen LogP contribution in [0.4, 0.5) is 5.69 Å². The van der Waals surface area contributed by atoms with Crippen LogP contribution >= 0.6 is 11.6 Å². The van der Waals surface area contributed by atoms with Crippen molar-refractivity contribution in [2.24, 2.45) is 0 Å². The number of hydrogen-bond acceptors (Lipinski definition) is 4. The van der Waals surface area contributed by atoms with Crippen LogP contribution in [0.1, 0.15) is 10.4 Å². The van der Waals surface area contributed by atoms with E-state index in [1.54, 1.807) is 18.2 Å². The van der Waals surface area contributed by atoms with Gasteiger partial charge in [0.15, 0.2) is 0 Å². The van der Waals surface area contributed by atoms with Crippen LogP contribution in [0.2, 0.25) is 5.02 Å². The molecule has 0 aliphatic heterocycles. The lowest BCUT2D eigenvalue weighted by molar-refractivity contribution is 0.102. The van der Waals surface area contributed by atoms with Gasteiger partial charge in [-0.25, -0.2) is 4.98 Å². The van der Waals surface area contributed by atoms with Gasteiger partial charge in [-0.05, 0) is 12.1 Å². The third kappa shape index (κ3) is 2.75. The molecular formula is C12H10ClN3O2. The fourth-order valence-corrected chi connectivity index (χ4v) is 1.54. The number of ether oxygens (including phenoxy) is 1. The maximum absolute atomic E-state index is 11.9. The van der Waals surface area contributed by atoms with Crippen LogP contribution < -0.4 is 10.1 Å². The first kappa shape index (κ1) is 12.3. The highest BCUT2D eigenvalue weighted by atomic mass is 35.5. The summed E-state index contributed by atoms with van der Waals surface area (Å²) in [4.78, 5) is 19.7. The van der Waals surface area contributed by atoms with Crippen LogP contribution in [-0.2, 0) is 0 Å². The molecule has 0 saturated heterocycles. The molecule has 0 aliphatic carbocycles. The monoisotopic (exact) mass is 263 g/mol. The average Bonchev–Trinajstić information content (AvgIpc) is 2.40. The molecule has 18 heavy (non-hydrogen) atoms. The van der Waals surface area contributed by atoms with E-state index >= 15 is 0 Å². The third-order valence-electron chi connectivity index (χ3n) is 2.22. The number of carbonyl (C=O) groups excluding carboxylic acids is 1. The van der Waals surface area contributed by atoms with E-state index in [9.17, 15) is 4.79 Å². The molecule has 0 fully saturated rings. The number of carbonyl (C=O) groups is 1. The standard InChI is InChI=1S/C12H10ClN3O2/c1-18-11-3-2-8(6-15-11)16-12(17)9-4-5-14-7-10(9)13/h2-7H,1H3,(H,16,17). The van der Waals surface area contributed by atoms with Crippen molar-refractivity contribution in [3.8, 4) is 5.88 Å². The molecule has 0 spiro atoms. The second-order valence-corrected chi connectivity index (χ2v) is 3.81. The van der Waals surface area contributed by atoms with Crippen molar-refractivity contribution in [2.45, 2.75) is 0 Å². The molecule has 0 aliphatic rings. The van der Waals surface area contributed by atoms with Gasteiger partial charge in [0, 0.05) is 18.5 Å². The number of nitrogens with zero attached hydrogens (tertiary/aromatic N) is 2. The Morgan fingerprint density at radius 3 is 2.78 bits per heavy atom. The fourth-order valence-electron chi connectivity index (χ4n) is 1.33. The molecular weight excluding hydrogens is 254 g/mol. The zero-order valence-electron chi connectivity index (χ0n) is 9.55. The maximum Gasteiger partial charge on any atom is 0.257 e. The summed E-state index contributed by atoms with van der Waals surface area (Å²) in [6, 6.07) is 4.90. The van der Waals surface area contributed by atoms with E-state index in [0.717, 1.165) is 0 Å². The first-order valence-electron chi connectivity index (χ1n) is 5.11. The van der Waals surface area contributed by atoms with Gasteiger partial charge in [-0.3, -0.25) is 9.78 Å². The minimum absolute atomic E-state index is 0.302. The molecule has 6 heteroatoms. The molecule has 0 bridgehead atoms. The summed E-state index contributed by atoms with van der Waals surface area (Å²) in [6.45, 7) is 0. The second kappa shape index (κ2) is 5.46. The predicted molar refractivity (Wildman–Crippen MR) is 68.0 cm³/mol. The normalized spacial score (nSPS) is 9.89. The Labute approximate surface area is 109 Å². The van der Waals surface area contributed by atoms with Crippen LogP contribution in [-0.4, -0.2) is 23.0 Å². The number of hydrogen-bond donors (Lipinski definition) is 1. The zero-order chi connectivity index (χ0) is 13.0. The van der Waals surface area contributed by atoms with Crippen LogP contribution in [0.15, 0.2) is 36.8 Å². The van der Waals surface area contributed by atoms with Gasteiger partial charge < -0.3 is 10.1 Å². The lowest BCUT2D eigenvalue weighted by atomic mass is 10.2. The lowest BCUT2D eigenvalue weighted by Crippen LogP contribution is -2.12. The molecule has 1 amide bonds. The Balaban J connectivity index is 2.14. The van der Waals surface area contributed by atoms with Crippen molar-refractivity contribution in [1.82, 2.24) is 9.97 Å². The number of rotatable bonds is 3. The van der Waals surface area contributed by atoms with Crippen molar-refractivity contribution < 1.29 is 9.53 Å². The van der Waals surface area contributed by atoms with E-state index in [1.165, 1.54) is 25.7 Å². The summed E-state index contributed by atoms with van der Waals surface area (Å²) < 4.78 is 4.92. The Kier molecular flexibility index (Phi) is 3.74. The summed E-state index contributed by atoms with van der Waals surface area (Å²) in [5.74, 6) is 0.171. The number of amides is 1. The number of nitrogens with one attached hydrogen (secondary N) is 1. The third-order valence-corrected chi connectivity index (χ3v) is 2.52. The quantitative estimate of drug-likeness (QED) is 0.923. The Hall–Kier alpha value is -2.14. The van der Waals surface area contributed by atoms with Crippen LogP contribution in [0.5, 0.6) is 5.88 Å². The van der Waals surface area contributed by atoms with Gasteiger partial charge in [0.05, 0.1) is 29.6 Å². The van der Waals surface area contributed by atoms with Crippen LogP contribution in [0.3, 0.4) is 0 Å². The summed E-state index contributed by atoms with van der Waals surface area (Å²) in [5, 5.41) is 2.98. The highest BCUT2D eigenvalue weighted by Gasteiger charge is 2.10. The van der Waals surface area contributed by atoms with Gasteiger partial charge >= 0.3 is 0 Å². The van der Waals surface area contributed by atoms with Gasteiger partial charge in [-0.15, -0.1) is 0 Å². The van der Waals surface area contributed by atoms with Crippen molar-refractivity contribution in [1.29, 1.82) is 0 Å². The molecule has 0 unspecified atom stereocenters. The largest absolute Gasteiger partial charge is 0.481 e. The van der Waals surface area contributed by atoms with E-state index < -0.39 is 0 Å². The number of pyridine rings is 2. The van der Waals surface area contributed by atoms with Crippen molar-refractivity contribution >= 4 is 23.2 Å². The SMILES string of the molecule is COc1ccc(NC(=O)c2ccncc2Cl)cn1. The fraction of sp³-hybridized carbons (Fsp3) is 0.0833. The second-order valence-electron chi connectivity index (χ2n) is 3.40. The number of anilines is 1. The number of halogens is 1. The Morgan fingerprint density at radius 1 is 1.33 bits per heavy atom. The minimum atomic E-state index is -0.311. The molecule has 0 radical (unpaired) electrons. The van der Waals surface area contributed by atoms with E-state index in [-0.39, 0.29) is 5.91 Å². The Bertz CT molecular complexity index is 558. The smallest absolute Gasteiger partial charge is 0.257 e. The summed E-state index contributed by atoms with van der Waals surface area (Å²) >= 11 is 5.87. The van der Waals surface area contributed by atoms with Crippen molar-refractivity contribution in [2.75, 3.05) is 12.4 Å². The zero-order valence-corrected chi connectivity index (χ0v) is 10.3. The molecule has 2 rings (SSSR count). The highest BCUT2D eigenvalue weighted by Crippen LogP contribution is 2.16. The first-order valence-corrected chi connectivity index (χ1v) is 5.49. The van der Waals surface area contributed by atoms with Gasteiger partial charge in [0.1, 0.15) is 0 Å². The molecule has 2 aromatic heterocycles. The minimum Gasteiger partial charge on any atom is -0.481 e. The molecule has 1 N–H and O–H groups in total. The summed E-state index contributed by atoms with van der Waals surface area (Å²) in [6.07, 6.45) is 4.43. The summed E-state index contributed by atoms with van der Waals surface area (Å²) in [5.41, 5.74) is 0.927. The lowest BCUT2D eigenvalue weighted by Gasteiger charge is -2.06. The van der Waals surface area contributed by atoms with Gasteiger partial charge in [-0.2, -0.15) is 0 Å². The van der Waals surface area contributed by atoms with Crippen molar-refractivity contribution in [3.05, 3.63) is 47.4 Å². The summed E-state index contributed by atoms with van der Waals surface area (Å²) in [7, 11) is 1.53. The van der Waals surface area contributed by atoms with Crippen LogP contribution in [0, 0.1) is 0 Å².